The van der Waals surface area contributed by atoms with Crippen molar-refractivity contribution in [3.05, 3.63) is 78.6 Å². The first-order valence-corrected chi connectivity index (χ1v) is 10.3. The van der Waals surface area contributed by atoms with E-state index in [2.05, 4.69) is 37.5 Å². The standard InChI is InChI=1S/C24H23N5O2/c30-24(22-16-29(12-13-31-22)15-17-4-2-1-3-5-17)26-19-6-7-21-20(14-19)23(28-27-21)18-8-10-25-11-9-18/h1-11,14,22H,12-13,15-16H2,(H,26,30)(H,27,28). The number of ether oxygens (including phenoxy) is 1. The van der Waals surface area contributed by atoms with Gasteiger partial charge in [-0.2, -0.15) is 5.10 Å². The van der Waals surface area contributed by atoms with E-state index in [1.54, 1.807) is 12.4 Å². The molecule has 1 fully saturated rings. The van der Waals surface area contributed by atoms with Crippen molar-refractivity contribution in [1.82, 2.24) is 20.1 Å². The maximum atomic E-state index is 12.9. The van der Waals surface area contributed by atoms with E-state index < -0.39 is 6.10 Å². The van der Waals surface area contributed by atoms with E-state index in [1.165, 1.54) is 5.56 Å². The molecule has 1 saturated heterocycles. The molecule has 0 radical (unpaired) electrons. The number of carbonyl (C=O) groups excluding carboxylic acids is 1. The number of aromatic nitrogens is 3. The predicted molar refractivity (Wildman–Crippen MR) is 119 cm³/mol. The number of fused-ring (bicyclic) bond motifs is 1. The molecule has 1 unspecified atom stereocenters. The van der Waals surface area contributed by atoms with Crippen LogP contribution in [0.3, 0.4) is 0 Å². The van der Waals surface area contributed by atoms with E-state index in [4.69, 9.17) is 4.74 Å². The molecule has 4 aromatic rings. The second-order valence-corrected chi connectivity index (χ2v) is 7.64. The van der Waals surface area contributed by atoms with Crippen molar-refractivity contribution in [3.63, 3.8) is 0 Å². The third kappa shape index (κ3) is 4.33. The number of pyridine rings is 1. The molecule has 7 heteroatoms. The molecule has 1 aliphatic heterocycles. The number of morpholine rings is 1. The van der Waals surface area contributed by atoms with Crippen LogP contribution in [0.1, 0.15) is 5.56 Å². The van der Waals surface area contributed by atoms with Gasteiger partial charge < -0.3 is 10.1 Å². The summed E-state index contributed by atoms with van der Waals surface area (Å²) in [5.41, 5.74) is 4.66. The first kappa shape index (κ1) is 19.4. The summed E-state index contributed by atoms with van der Waals surface area (Å²) in [6, 6.07) is 19.9. The van der Waals surface area contributed by atoms with Crippen LogP contribution in [0, 0.1) is 0 Å². The predicted octanol–water partition coefficient (Wildman–Crippen LogP) is 3.46. The number of carbonyl (C=O) groups is 1. The number of hydrogen-bond acceptors (Lipinski definition) is 5. The van der Waals surface area contributed by atoms with Gasteiger partial charge in [-0.3, -0.25) is 19.8 Å². The van der Waals surface area contributed by atoms with Crippen LogP contribution >= 0.6 is 0 Å². The molecule has 0 bridgehead atoms. The highest BCUT2D eigenvalue weighted by Gasteiger charge is 2.27. The lowest BCUT2D eigenvalue weighted by atomic mass is 10.1. The van der Waals surface area contributed by atoms with Crippen molar-refractivity contribution in [3.8, 4) is 11.3 Å². The Labute approximate surface area is 180 Å². The summed E-state index contributed by atoms with van der Waals surface area (Å²) in [5, 5.41) is 11.4. The van der Waals surface area contributed by atoms with Crippen LogP contribution in [0.25, 0.3) is 22.2 Å². The monoisotopic (exact) mass is 413 g/mol. The van der Waals surface area contributed by atoms with Gasteiger partial charge in [0.1, 0.15) is 11.8 Å². The summed E-state index contributed by atoms with van der Waals surface area (Å²) in [6.45, 7) is 2.73. The molecule has 0 saturated carbocycles. The highest BCUT2D eigenvalue weighted by atomic mass is 16.5. The number of nitrogens with zero attached hydrogens (tertiary/aromatic N) is 3. The van der Waals surface area contributed by atoms with Crippen molar-refractivity contribution >= 4 is 22.5 Å². The Bertz CT molecular complexity index is 1180. The van der Waals surface area contributed by atoms with E-state index in [0.29, 0.717) is 13.2 Å². The fourth-order valence-corrected chi connectivity index (χ4v) is 3.89. The van der Waals surface area contributed by atoms with Gasteiger partial charge in [0.2, 0.25) is 0 Å². The summed E-state index contributed by atoms with van der Waals surface area (Å²) in [6.07, 6.45) is 2.98. The SMILES string of the molecule is O=C(Nc1ccc2[nH]nc(-c3ccncc3)c2c1)C1CN(Cc2ccccc2)CCO1. The molecule has 2 aromatic heterocycles. The van der Waals surface area contributed by atoms with Gasteiger partial charge in [-0.05, 0) is 35.9 Å². The molecule has 1 aliphatic rings. The van der Waals surface area contributed by atoms with Gasteiger partial charge >= 0.3 is 0 Å². The summed E-state index contributed by atoms with van der Waals surface area (Å²) in [5.74, 6) is -0.133. The molecule has 1 amide bonds. The van der Waals surface area contributed by atoms with Crippen molar-refractivity contribution in [2.75, 3.05) is 25.0 Å². The van der Waals surface area contributed by atoms with Crippen LogP contribution in [0.4, 0.5) is 5.69 Å². The van der Waals surface area contributed by atoms with Crippen LogP contribution in [-0.4, -0.2) is 51.8 Å². The molecule has 0 spiro atoms. The summed E-state index contributed by atoms with van der Waals surface area (Å²) < 4.78 is 5.77. The fraction of sp³-hybridized carbons (Fsp3) is 0.208. The molecule has 156 valence electrons. The van der Waals surface area contributed by atoms with Crippen LogP contribution in [0.2, 0.25) is 0 Å². The van der Waals surface area contributed by atoms with Gasteiger partial charge in [-0.1, -0.05) is 30.3 Å². The first-order valence-electron chi connectivity index (χ1n) is 10.3. The molecular formula is C24H23N5O2. The summed E-state index contributed by atoms with van der Waals surface area (Å²) >= 11 is 0. The highest BCUT2D eigenvalue weighted by molar-refractivity contribution is 5.99. The molecule has 5 rings (SSSR count). The zero-order valence-electron chi connectivity index (χ0n) is 17.0. The van der Waals surface area contributed by atoms with Gasteiger partial charge in [-0.25, -0.2) is 0 Å². The lowest BCUT2D eigenvalue weighted by Crippen LogP contribution is -2.47. The van der Waals surface area contributed by atoms with Crippen LogP contribution in [0.15, 0.2) is 73.1 Å². The van der Waals surface area contributed by atoms with E-state index in [9.17, 15) is 4.79 Å². The Balaban J connectivity index is 1.29. The molecular weight excluding hydrogens is 390 g/mol. The molecule has 1 atom stereocenters. The molecule has 2 aromatic carbocycles. The average Bonchev–Trinajstić information content (AvgIpc) is 3.24. The molecule has 31 heavy (non-hydrogen) atoms. The maximum Gasteiger partial charge on any atom is 0.254 e. The minimum Gasteiger partial charge on any atom is -0.366 e. The largest absolute Gasteiger partial charge is 0.366 e. The van der Waals surface area contributed by atoms with E-state index in [0.717, 1.165) is 40.9 Å². The average molecular weight is 413 g/mol. The van der Waals surface area contributed by atoms with Gasteiger partial charge in [0.05, 0.1) is 12.1 Å². The van der Waals surface area contributed by atoms with Gasteiger partial charge in [0.15, 0.2) is 0 Å². The zero-order valence-corrected chi connectivity index (χ0v) is 17.0. The van der Waals surface area contributed by atoms with Gasteiger partial charge in [0, 0.05) is 48.7 Å². The number of anilines is 1. The molecule has 2 N–H and O–H groups in total. The third-order valence-electron chi connectivity index (χ3n) is 5.48. The first-order chi connectivity index (χ1) is 15.3. The van der Waals surface area contributed by atoms with Crippen molar-refractivity contribution < 1.29 is 9.53 Å². The van der Waals surface area contributed by atoms with Crippen molar-refractivity contribution in [2.24, 2.45) is 0 Å². The second kappa shape index (κ2) is 8.67. The number of amides is 1. The lowest BCUT2D eigenvalue weighted by Gasteiger charge is -2.32. The zero-order chi connectivity index (χ0) is 21.0. The minimum absolute atomic E-state index is 0.133. The Kier molecular flexibility index (Phi) is 5.43. The Morgan fingerprint density at radius 1 is 1.13 bits per heavy atom. The highest BCUT2D eigenvalue weighted by Crippen LogP contribution is 2.28. The van der Waals surface area contributed by atoms with Crippen molar-refractivity contribution in [2.45, 2.75) is 12.6 Å². The van der Waals surface area contributed by atoms with Crippen LogP contribution in [-0.2, 0) is 16.1 Å². The van der Waals surface area contributed by atoms with E-state index in [-0.39, 0.29) is 5.91 Å². The van der Waals surface area contributed by atoms with E-state index in [1.807, 2.05) is 48.5 Å². The molecule has 3 heterocycles. The van der Waals surface area contributed by atoms with Crippen LogP contribution in [0.5, 0.6) is 0 Å². The number of nitrogens with one attached hydrogen (secondary N) is 2. The number of aromatic amines is 1. The third-order valence-corrected chi connectivity index (χ3v) is 5.48. The fourth-order valence-electron chi connectivity index (χ4n) is 3.89. The summed E-state index contributed by atoms with van der Waals surface area (Å²) in [4.78, 5) is 19.2. The Hall–Kier alpha value is -3.55. The van der Waals surface area contributed by atoms with E-state index >= 15 is 0 Å². The Morgan fingerprint density at radius 3 is 2.81 bits per heavy atom. The van der Waals surface area contributed by atoms with Gasteiger partial charge in [0.25, 0.3) is 5.91 Å². The van der Waals surface area contributed by atoms with Crippen LogP contribution < -0.4 is 5.32 Å². The molecule has 0 aliphatic carbocycles. The summed E-state index contributed by atoms with van der Waals surface area (Å²) in [7, 11) is 0. The maximum absolute atomic E-state index is 12.9. The normalized spacial score (nSPS) is 17.0. The van der Waals surface area contributed by atoms with Crippen molar-refractivity contribution in [1.29, 1.82) is 0 Å². The second-order valence-electron chi connectivity index (χ2n) is 7.64. The number of rotatable bonds is 5. The smallest absolute Gasteiger partial charge is 0.254 e. The topological polar surface area (TPSA) is 83.1 Å². The number of benzene rings is 2. The Morgan fingerprint density at radius 2 is 1.97 bits per heavy atom. The number of hydrogen-bond donors (Lipinski definition) is 2. The number of H-pyrrole nitrogens is 1. The minimum atomic E-state index is -0.503. The van der Waals surface area contributed by atoms with Gasteiger partial charge in [-0.15, -0.1) is 0 Å². The quantitative estimate of drug-likeness (QED) is 0.524. The molecule has 7 nitrogen and oxygen atoms in total. The lowest BCUT2D eigenvalue weighted by molar-refractivity contribution is -0.133.